The molecule has 1 aliphatic rings. The summed E-state index contributed by atoms with van der Waals surface area (Å²) in [5, 5.41) is 3.17. The van der Waals surface area contributed by atoms with Gasteiger partial charge in [-0.25, -0.2) is 12.8 Å². The molecule has 0 spiro atoms. The maximum Gasteiger partial charge on any atom is 0.264 e. The summed E-state index contributed by atoms with van der Waals surface area (Å²) in [6.45, 7) is 1.41. The zero-order chi connectivity index (χ0) is 35.5. The minimum Gasteiger partial charge on any atom is -0.494 e. The minimum absolute atomic E-state index is 0.00788. The number of benzene rings is 4. The molecule has 1 saturated carbocycles. The van der Waals surface area contributed by atoms with Gasteiger partial charge in [0.05, 0.1) is 17.2 Å². The average Bonchev–Trinajstić information content (AvgIpc) is 3.14. The first kappa shape index (κ1) is 36.9. The fourth-order valence-electron chi connectivity index (χ4n) is 6.19. The second-order valence-electron chi connectivity index (χ2n) is 12.3. The molecule has 1 atom stereocenters. The average molecular weight is 718 g/mol. The zero-order valence-electron chi connectivity index (χ0n) is 28.5. The van der Waals surface area contributed by atoms with Crippen LogP contribution in [0.2, 0.25) is 0 Å². The molecule has 1 fully saturated rings. The van der Waals surface area contributed by atoms with Crippen molar-refractivity contribution in [2.24, 2.45) is 0 Å². The van der Waals surface area contributed by atoms with Gasteiger partial charge in [-0.3, -0.25) is 13.9 Å². The molecule has 11 heteroatoms. The highest BCUT2D eigenvalue weighted by Gasteiger charge is 2.36. The molecule has 1 N–H and O–H groups in total. The van der Waals surface area contributed by atoms with Crippen molar-refractivity contribution in [1.82, 2.24) is 10.2 Å². The fourth-order valence-corrected chi connectivity index (χ4v) is 8.01. The summed E-state index contributed by atoms with van der Waals surface area (Å²) in [6, 6.07) is 27.3. The lowest BCUT2D eigenvalue weighted by Gasteiger charge is -2.35. The molecule has 1 unspecified atom stereocenters. The first-order chi connectivity index (χ1) is 24.2. The number of hydrogen-bond acceptors (Lipinski definition) is 6. The van der Waals surface area contributed by atoms with E-state index in [0.29, 0.717) is 12.4 Å². The van der Waals surface area contributed by atoms with Crippen molar-refractivity contribution in [3.05, 3.63) is 120 Å². The Bertz CT molecular complexity index is 1820. The van der Waals surface area contributed by atoms with Crippen LogP contribution in [-0.2, 0) is 32.6 Å². The van der Waals surface area contributed by atoms with Crippen LogP contribution in [0.15, 0.2) is 113 Å². The third-order valence-corrected chi connectivity index (χ3v) is 11.4. The summed E-state index contributed by atoms with van der Waals surface area (Å²) in [5.41, 5.74) is 1.27. The molecule has 0 aromatic heterocycles. The molecule has 8 nitrogen and oxygen atoms in total. The summed E-state index contributed by atoms with van der Waals surface area (Å²) < 4.78 is 50.5. The number of rotatable bonds is 15. The second kappa shape index (κ2) is 17.5. The van der Waals surface area contributed by atoms with Crippen molar-refractivity contribution in [1.29, 1.82) is 0 Å². The molecular weight excluding hydrogens is 674 g/mol. The maximum atomic E-state index is 15.2. The van der Waals surface area contributed by atoms with Gasteiger partial charge < -0.3 is 15.0 Å². The quantitative estimate of drug-likeness (QED) is 0.131. The summed E-state index contributed by atoms with van der Waals surface area (Å²) in [5.74, 6) is -0.978. The van der Waals surface area contributed by atoms with E-state index in [0.717, 1.165) is 46.9 Å². The van der Waals surface area contributed by atoms with Crippen LogP contribution in [0.1, 0.15) is 50.2 Å². The molecule has 0 heterocycles. The fraction of sp³-hybridized carbons (Fsp3) is 0.333. The highest BCUT2D eigenvalue weighted by molar-refractivity contribution is 7.98. The van der Waals surface area contributed by atoms with Crippen LogP contribution in [0, 0.1) is 5.82 Å². The molecule has 1 aliphatic carbocycles. The molecule has 0 radical (unpaired) electrons. The predicted octanol–water partition coefficient (Wildman–Crippen LogP) is 7.23. The lowest BCUT2D eigenvalue weighted by atomic mass is 9.94. The minimum atomic E-state index is -4.28. The van der Waals surface area contributed by atoms with Gasteiger partial charge in [-0.1, -0.05) is 67.8 Å². The van der Waals surface area contributed by atoms with E-state index >= 15 is 4.39 Å². The highest BCUT2D eigenvalue weighted by atomic mass is 32.2. The van der Waals surface area contributed by atoms with Crippen LogP contribution in [0.5, 0.6) is 5.75 Å². The Morgan fingerprint density at radius 2 is 1.56 bits per heavy atom. The van der Waals surface area contributed by atoms with Gasteiger partial charge >= 0.3 is 0 Å². The van der Waals surface area contributed by atoms with E-state index in [4.69, 9.17) is 4.74 Å². The third-order valence-electron chi connectivity index (χ3n) is 8.88. The van der Waals surface area contributed by atoms with Crippen molar-refractivity contribution >= 4 is 39.3 Å². The molecule has 0 aliphatic heterocycles. The van der Waals surface area contributed by atoms with Crippen LogP contribution in [0.25, 0.3) is 0 Å². The smallest absolute Gasteiger partial charge is 0.264 e. The van der Waals surface area contributed by atoms with E-state index in [1.165, 1.54) is 34.9 Å². The molecule has 4 aromatic carbocycles. The Kier molecular flexibility index (Phi) is 12.9. The largest absolute Gasteiger partial charge is 0.494 e. The number of ether oxygens (including phenoxy) is 1. The zero-order valence-corrected chi connectivity index (χ0v) is 30.1. The number of carbonyl (C=O) groups excluding carboxylic acids is 2. The van der Waals surface area contributed by atoms with Gasteiger partial charge in [0.1, 0.15) is 24.2 Å². The molecule has 0 saturated heterocycles. The molecule has 5 rings (SSSR count). The molecule has 0 bridgehead atoms. The number of sulfonamides is 1. The number of amides is 2. The molecule has 50 heavy (non-hydrogen) atoms. The van der Waals surface area contributed by atoms with Gasteiger partial charge in [0, 0.05) is 29.5 Å². The summed E-state index contributed by atoms with van der Waals surface area (Å²) in [4.78, 5) is 31.2. The van der Waals surface area contributed by atoms with Crippen molar-refractivity contribution < 1.29 is 27.1 Å². The Hall–Kier alpha value is -4.35. The van der Waals surface area contributed by atoms with E-state index in [1.807, 2.05) is 43.5 Å². The van der Waals surface area contributed by atoms with E-state index < -0.39 is 34.3 Å². The Balaban J connectivity index is 1.57. The summed E-state index contributed by atoms with van der Waals surface area (Å²) in [7, 11) is -4.28. The van der Waals surface area contributed by atoms with Crippen molar-refractivity contribution in [3.8, 4) is 5.75 Å². The van der Waals surface area contributed by atoms with Crippen LogP contribution in [0.3, 0.4) is 0 Å². The number of halogens is 1. The van der Waals surface area contributed by atoms with Crippen molar-refractivity contribution in [3.63, 3.8) is 0 Å². The van der Waals surface area contributed by atoms with E-state index in [-0.39, 0.29) is 41.1 Å². The lowest BCUT2D eigenvalue weighted by Crippen LogP contribution is -2.55. The SMILES string of the molecule is CCOc1ccc(N(CC(=O)N(Cc2ccccc2F)C(Cc2ccccc2)C(=O)NC2CCCCC2)S(=O)(=O)c2ccc(SC)cc2)cc1. The molecule has 264 valence electrons. The highest BCUT2D eigenvalue weighted by Crippen LogP contribution is 2.28. The molecule has 4 aromatic rings. The monoisotopic (exact) mass is 717 g/mol. The van der Waals surface area contributed by atoms with Crippen LogP contribution in [-0.4, -0.2) is 56.6 Å². The molecular formula is C39H44FN3O5S2. The van der Waals surface area contributed by atoms with E-state index in [1.54, 1.807) is 54.6 Å². The predicted molar refractivity (Wildman–Crippen MR) is 196 cm³/mol. The number of thioether (sulfide) groups is 1. The summed E-state index contributed by atoms with van der Waals surface area (Å²) in [6.07, 6.45) is 6.83. The van der Waals surface area contributed by atoms with Crippen LogP contribution < -0.4 is 14.4 Å². The third kappa shape index (κ3) is 9.45. The van der Waals surface area contributed by atoms with Crippen LogP contribution >= 0.6 is 11.8 Å². The van der Waals surface area contributed by atoms with Crippen molar-refractivity contribution in [2.75, 3.05) is 23.7 Å². The normalized spacial score (nSPS) is 14.1. The Morgan fingerprint density at radius 3 is 2.20 bits per heavy atom. The van der Waals surface area contributed by atoms with Gasteiger partial charge in [0.25, 0.3) is 10.0 Å². The van der Waals surface area contributed by atoms with E-state index in [9.17, 15) is 18.0 Å². The van der Waals surface area contributed by atoms with Crippen LogP contribution in [0.4, 0.5) is 10.1 Å². The second-order valence-corrected chi connectivity index (χ2v) is 15.0. The topological polar surface area (TPSA) is 96.0 Å². The first-order valence-electron chi connectivity index (χ1n) is 17.0. The number of anilines is 1. The van der Waals surface area contributed by atoms with E-state index in [2.05, 4.69) is 5.32 Å². The van der Waals surface area contributed by atoms with Crippen molar-refractivity contribution in [2.45, 2.75) is 73.9 Å². The van der Waals surface area contributed by atoms with Gasteiger partial charge in [-0.05, 0) is 86.2 Å². The lowest BCUT2D eigenvalue weighted by molar-refractivity contribution is -0.140. The molecule has 2 amide bonds. The van der Waals surface area contributed by atoms with Gasteiger partial charge in [-0.2, -0.15) is 0 Å². The van der Waals surface area contributed by atoms with Gasteiger partial charge in [0.2, 0.25) is 11.8 Å². The van der Waals surface area contributed by atoms with Gasteiger partial charge in [-0.15, -0.1) is 11.8 Å². The number of nitrogens with one attached hydrogen (secondary N) is 1. The number of nitrogens with zero attached hydrogens (tertiary/aromatic N) is 2. The summed E-state index contributed by atoms with van der Waals surface area (Å²) >= 11 is 1.48. The van der Waals surface area contributed by atoms with Gasteiger partial charge in [0.15, 0.2) is 0 Å². The Morgan fingerprint density at radius 1 is 0.900 bits per heavy atom. The Labute approximate surface area is 299 Å². The number of carbonyl (C=O) groups is 2. The standard InChI is InChI=1S/C39H44FN3O5S2/c1-3-48-33-20-18-32(19-21-33)43(50(46,47)35-24-22-34(49-2)23-25-35)28-38(44)42(27-30-14-10-11-17-36(30)40)37(26-29-12-6-4-7-13-29)39(45)41-31-15-8-5-9-16-31/h4,6-7,10-14,17-25,31,37H,3,5,8-9,15-16,26-28H2,1-2H3,(H,41,45). The number of hydrogen-bond donors (Lipinski definition) is 1. The first-order valence-corrected chi connectivity index (χ1v) is 19.6. The maximum absolute atomic E-state index is 15.2.